The number of amides is 1. The Morgan fingerprint density at radius 1 is 1.44 bits per heavy atom. The lowest BCUT2D eigenvalue weighted by Gasteiger charge is -2.40. The van der Waals surface area contributed by atoms with Gasteiger partial charge in [-0.2, -0.15) is 0 Å². The third kappa shape index (κ3) is 3.46. The van der Waals surface area contributed by atoms with Gasteiger partial charge >= 0.3 is 0 Å². The van der Waals surface area contributed by atoms with E-state index in [0.717, 1.165) is 13.0 Å². The van der Waals surface area contributed by atoms with E-state index in [9.17, 15) is 4.79 Å². The van der Waals surface area contributed by atoms with Crippen LogP contribution in [0.5, 0.6) is 0 Å². The lowest BCUT2D eigenvalue weighted by atomic mass is 9.90. The van der Waals surface area contributed by atoms with Crippen LogP contribution >= 0.6 is 0 Å². The number of rotatable bonds is 3. The molecule has 0 aromatic carbocycles. The number of hydrogen-bond donors (Lipinski definition) is 1. The van der Waals surface area contributed by atoms with Crippen molar-refractivity contribution in [1.82, 2.24) is 15.1 Å². The summed E-state index contributed by atoms with van der Waals surface area (Å²) in [6.07, 6.45) is 1.12. The van der Waals surface area contributed by atoms with Crippen molar-refractivity contribution in [1.29, 1.82) is 0 Å². The number of nitrogens with zero attached hydrogens (tertiary/aromatic N) is 2. The number of nitrogens with one attached hydrogen (secondary N) is 1. The minimum absolute atomic E-state index is 0.152. The maximum absolute atomic E-state index is 11.5. The molecule has 1 fully saturated rings. The molecule has 4 heteroatoms. The Bertz CT molecular complexity index is 242. The topological polar surface area (TPSA) is 35.6 Å². The molecule has 16 heavy (non-hydrogen) atoms. The van der Waals surface area contributed by atoms with Gasteiger partial charge in [-0.3, -0.25) is 4.79 Å². The molecular formula is C12H25N3O. The first-order valence-electron chi connectivity index (χ1n) is 6.05. The Kier molecular flexibility index (Phi) is 4.74. The molecule has 1 saturated heterocycles. The van der Waals surface area contributed by atoms with E-state index in [1.54, 1.807) is 19.0 Å². The van der Waals surface area contributed by atoms with Gasteiger partial charge in [0.25, 0.3) is 0 Å². The average Bonchev–Trinajstić information content (AvgIpc) is 2.20. The Morgan fingerprint density at radius 3 is 2.62 bits per heavy atom. The minimum Gasteiger partial charge on any atom is -0.348 e. The zero-order chi connectivity index (χ0) is 12.3. The van der Waals surface area contributed by atoms with Crippen molar-refractivity contribution in [3.05, 3.63) is 0 Å². The van der Waals surface area contributed by atoms with Crippen LogP contribution in [0.25, 0.3) is 0 Å². The summed E-state index contributed by atoms with van der Waals surface area (Å²) in [5.74, 6) is 0.759. The molecule has 0 aliphatic carbocycles. The highest BCUT2D eigenvalue weighted by molar-refractivity contribution is 5.77. The predicted octanol–water partition coefficient (Wildman–Crippen LogP) is 0.393. The van der Waals surface area contributed by atoms with Gasteiger partial charge in [0.15, 0.2) is 0 Å². The Labute approximate surface area is 99.0 Å². The molecule has 0 saturated carbocycles. The average molecular weight is 227 g/mol. The maximum Gasteiger partial charge on any atom is 0.236 e. The molecule has 3 unspecified atom stereocenters. The fraction of sp³-hybridized carbons (Fsp3) is 0.917. The highest BCUT2D eigenvalue weighted by Gasteiger charge is 2.28. The highest BCUT2D eigenvalue weighted by atomic mass is 16.2. The number of hydrogen-bond acceptors (Lipinski definition) is 3. The number of likely N-dealkylation sites (N-methyl/N-ethyl adjacent to an activating group) is 1. The van der Waals surface area contributed by atoms with Crippen LogP contribution < -0.4 is 5.32 Å². The lowest BCUT2D eigenvalue weighted by Crippen LogP contribution is -2.52. The number of likely N-dealkylation sites (tertiary alicyclic amines) is 1. The van der Waals surface area contributed by atoms with Crippen LogP contribution in [-0.4, -0.2) is 62.0 Å². The van der Waals surface area contributed by atoms with Gasteiger partial charge in [0, 0.05) is 32.7 Å². The molecule has 1 heterocycles. The van der Waals surface area contributed by atoms with Crippen molar-refractivity contribution in [2.24, 2.45) is 5.92 Å². The van der Waals surface area contributed by atoms with Gasteiger partial charge in [0.2, 0.25) is 5.91 Å². The van der Waals surface area contributed by atoms with E-state index in [4.69, 9.17) is 0 Å². The van der Waals surface area contributed by atoms with E-state index in [1.165, 1.54) is 0 Å². The van der Waals surface area contributed by atoms with Crippen LogP contribution in [0.1, 0.15) is 20.3 Å². The molecule has 4 nitrogen and oxygen atoms in total. The van der Waals surface area contributed by atoms with E-state index in [-0.39, 0.29) is 5.91 Å². The van der Waals surface area contributed by atoms with Gasteiger partial charge in [-0.25, -0.2) is 0 Å². The molecule has 0 radical (unpaired) electrons. The zero-order valence-electron chi connectivity index (χ0n) is 11.2. The maximum atomic E-state index is 11.5. The van der Waals surface area contributed by atoms with Crippen LogP contribution in [0, 0.1) is 5.92 Å². The van der Waals surface area contributed by atoms with Gasteiger partial charge < -0.3 is 15.1 Å². The SMILES string of the molecule is CC1CN(C)C(C)CC1NCC(=O)N(C)C. The summed E-state index contributed by atoms with van der Waals surface area (Å²) >= 11 is 0. The first-order valence-corrected chi connectivity index (χ1v) is 6.05. The standard InChI is InChI=1S/C12H25N3O/c1-9-8-15(5)10(2)6-11(9)13-7-12(16)14(3)4/h9-11,13H,6-8H2,1-5H3. The lowest BCUT2D eigenvalue weighted by molar-refractivity contribution is -0.128. The number of piperidine rings is 1. The van der Waals surface area contributed by atoms with E-state index in [1.807, 2.05) is 0 Å². The monoisotopic (exact) mass is 227 g/mol. The third-order valence-electron chi connectivity index (χ3n) is 3.62. The van der Waals surface area contributed by atoms with E-state index >= 15 is 0 Å². The van der Waals surface area contributed by atoms with Crippen LogP contribution in [-0.2, 0) is 4.79 Å². The summed E-state index contributed by atoms with van der Waals surface area (Å²) in [5, 5.41) is 3.39. The second-order valence-electron chi connectivity index (χ2n) is 5.28. The fourth-order valence-corrected chi connectivity index (χ4v) is 2.20. The van der Waals surface area contributed by atoms with Crippen LogP contribution in [0.4, 0.5) is 0 Å². The summed E-state index contributed by atoms with van der Waals surface area (Å²) in [5.41, 5.74) is 0. The largest absolute Gasteiger partial charge is 0.348 e. The predicted molar refractivity (Wildman–Crippen MR) is 66.4 cm³/mol. The molecule has 1 rings (SSSR count). The van der Waals surface area contributed by atoms with Crippen molar-refractivity contribution >= 4 is 5.91 Å². The van der Waals surface area contributed by atoms with E-state index in [2.05, 4.69) is 31.1 Å². The van der Waals surface area contributed by atoms with Gasteiger partial charge in [0.1, 0.15) is 0 Å². The van der Waals surface area contributed by atoms with Crippen molar-refractivity contribution in [3.8, 4) is 0 Å². The first kappa shape index (κ1) is 13.5. The zero-order valence-corrected chi connectivity index (χ0v) is 11.2. The second-order valence-corrected chi connectivity index (χ2v) is 5.28. The molecule has 0 aromatic heterocycles. The first-order chi connectivity index (χ1) is 7.41. The molecule has 1 aliphatic rings. The van der Waals surface area contributed by atoms with Gasteiger partial charge in [-0.15, -0.1) is 0 Å². The van der Waals surface area contributed by atoms with E-state index in [0.29, 0.717) is 24.5 Å². The van der Waals surface area contributed by atoms with Gasteiger partial charge in [-0.1, -0.05) is 6.92 Å². The van der Waals surface area contributed by atoms with Crippen LogP contribution in [0.2, 0.25) is 0 Å². The fourth-order valence-electron chi connectivity index (χ4n) is 2.20. The summed E-state index contributed by atoms with van der Waals surface area (Å²) in [4.78, 5) is 15.5. The molecule has 0 bridgehead atoms. The summed E-state index contributed by atoms with van der Waals surface area (Å²) < 4.78 is 0. The quantitative estimate of drug-likeness (QED) is 0.758. The van der Waals surface area contributed by atoms with Gasteiger partial charge in [0.05, 0.1) is 6.54 Å². The molecule has 0 aromatic rings. The summed E-state index contributed by atoms with van der Waals surface area (Å²) in [6.45, 7) is 6.06. The minimum atomic E-state index is 0.152. The van der Waals surface area contributed by atoms with Crippen LogP contribution in [0.15, 0.2) is 0 Å². The van der Waals surface area contributed by atoms with E-state index < -0.39 is 0 Å². The Balaban J connectivity index is 2.39. The third-order valence-corrected chi connectivity index (χ3v) is 3.62. The number of carbonyl (C=O) groups is 1. The molecule has 1 amide bonds. The summed E-state index contributed by atoms with van der Waals surface area (Å²) in [7, 11) is 5.76. The second kappa shape index (κ2) is 5.64. The Hall–Kier alpha value is -0.610. The Morgan fingerprint density at radius 2 is 2.06 bits per heavy atom. The van der Waals surface area contributed by atoms with Crippen molar-refractivity contribution < 1.29 is 4.79 Å². The van der Waals surface area contributed by atoms with Crippen molar-refractivity contribution in [3.63, 3.8) is 0 Å². The van der Waals surface area contributed by atoms with Crippen molar-refractivity contribution in [2.75, 3.05) is 34.2 Å². The molecule has 0 spiro atoms. The smallest absolute Gasteiger partial charge is 0.236 e. The molecule has 3 atom stereocenters. The molecular weight excluding hydrogens is 202 g/mol. The number of carbonyl (C=O) groups excluding carboxylic acids is 1. The van der Waals surface area contributed by atoms with Gasteiger partial charge in [-0.05, 0) is 26.3 Å². The highest BCUT2D eigenvalue weighted by Crippen LogP contribution is 2.20. The molecule has 1 aliphatic heterocycles. The van der Waals surface area contributed by atoms with Crippen molar-refractivity contribution in [2.45, 2.75) is 32.4 Å². The molecule has 94 valence electrons. The van der Waals surface area contributed by atoms with Crippen LogP contribution in [0.3, 0.4) is 0 Å². The summed E-state index contributed by atoms with van der Waals surface area (Å²) in [6, 6.07) is 1.07. The normalized spacial score (nSPS) is 31.4. The molecule has 1 N–H and O–H groups in total.